The molecule has 0 bridgehead atoms. The fraction of sp³-hybridized carbons (Fsp3) is 0.588. The SMILES string of the molecule is CC1(C)CCCN1C(=O)NC1CCCN(c2cccnc2)C1=O. The minimum absolute atomic E-state index is 0.0467. The van der Waals surface area contributed by atoms with Crippen LogP contribution in [-0.2, 0) is 4.79 Å². The van der Waals surface area contributed by atoms with Crippen LogP contribution in [0.15, 0.2) is 24.5 Å². The van der Waals surface area contributed by atoms with E-state index in [4.69, 9.17) is 0 Å². The molecule has 0 saturated carbocycles. The molecule has 3 heterocycles. The molecule has 0 aliphatic carbocycles. The molecule has 6 heteroatoms. The maximum absolute atomic E-state index is 12.7. The third-order valence-electron chi connectivity index (χ3n) is 4.84. The van der Waals surface area contributed by atoms with Crippen molar-refractivity contribution in [2.24, 2.45) is 0 Å². The molecule has 3 amide bonds. The van der Waals surface area contributed by atoms with Gasteiger partial charge in [0, 0.05) is 24.8 Å². The zero-order valence-corrected chi connectivity index (χ0v) is 13.8. The van der Waals surface area contributed by atoms with Crippen LogP contribution in [0.1, 0.15) is 39.5 Å². The standard InChI is InChI=1S/C17H24N4O2/c1-17(2)8-5-11-21(17)16(23)19-14-7-4-10-20(15(14)22)13-6-3-9-18-12-13/h3,6,9,12,14H,4-5,7-8,10-11H2,1-2H3,(H,19,23). The molecule has 1 atom stereocenters. The molecule has 124 valence electrons. The van der Waals surface area contributed by atoms with Crippen LogP contribution in [0, 0.1) is 0 Å². The number of urea groups is 1. The summed E-state index contributed by atoms with van der Waals surface area (Å²) in [5.74, 6) is -0.0467. The summed E-state index contributed by atoms with van der Waals surface area (Å²) in [7, 11) is 0. The number of amides is 3. The second-order valence-electron chi connectivity index (χ2n) is 6.91. The van der Waals surface area contributed by atoms with Crippen molar-refractivity contribution in [1.82, 2.24) is 15.2 Å². The van der Waals surface area contributed by atoms with E-state index in [1.807, 2.05) is 17.0 Å². The van der Waals surface area contributed by atoms with Gasteiger partial charge in [-0.3, -0.25) is 9.78 Å². The average molecular weight is 316 g/mol. The monoisotopic (exact) mass is 316 g/mol. The molecule has 0 aromatic carbocycles. The molecule has 1 N–H and O–H groups in total. The Labute approximate surface area is 136 Å². The Hall–Kier alpha value is -2.11. The number of nitrogens with zero attached hydrogens (tertiary/aromatic N) is 3. The summed E-state index contributed by atoms with van der Waals surface area (Å²) in [6, 6.07) is 3.11. The Morgan fingerprint density at radius 3 is 2.83 bits per heavy atom. The van der Waals surface area contributed by atoms with Crippen molar-refractivity contribution in [2.45, 2.75) is 51.1 Å². The lowest BCUT2D eigenvalue weighted by Crippen LogP contribution is -2.57. The third kappa shape index (κ3) is 3.16. The number of hydrogen-bond donors (Lipinski definition) is 1. The first-order valence-corrected chi connectivity index (χ1v) is 8.28. The predicted octanol–water partition coefficient (Wildman–Crippen LogP) is 2.16. The van der Waals surface area contributed by atoms with Gasteiger partial charge in [0.15, 0.2) is 0 Å². The number of likely N-dealkylation sites (tertiary alicyclic amines) is 1. The zero-order chi connectivity index (χ0) is 16.4. The summed E-state index contributed by atoms with van der Waals surface area (Å²) in [5.41, 5.74) is 0.656. The van der Waals surface area contributed by atoms with E-state index in [9.17, 15) is 9.59 Å². The van der Waals surface area contributed by atoms with Gasteiger partial charge in [0.25, 0.3) is 0 Å². The minimum atomic E-state index is -0.451. The molecule has 0 spiro atoms. The zero-order valence-electron chi connectivity index (χ0n) is 13.8. The van der Waals surface area contributed by atoms with E-state index < -0.39 is 6.04 Å². The van der Waals surface area contributed by atoms with E-state index >= 15 is 0 Å². The smallest absolute Gasteiger partial charge is 0.318 e. The number of aromatic nitrogens is 1. The summed E-state index contributed by atoms with van der Waals surface area (Å²) in [6.07, 6.45) is 6.95. The molecule has 1 aromatic heterocycles. The number of anilines is 1. The highest BCUT2D eigenvalue weighted by molar-refractivity contribution is 5.99. The van der Waals surface area contributed by atoms with E-state index in [2.05, 4.69) is 24.1 Å². The lowest BCUT2D eigenvalue weighted by atomic mass is 10.0. The van der Waals surface area contributed by atoms with Gasteiger partial charge in [-0.25, -0.2) is 4.79 Å². The number of hydrogen-bond acceptors (Lipinski definition) is 3. The molecular weight excluding hydrogens is 292 g/mol. The van der Waals surface area contributed by atoms with E-state index in [-0.39, 0.29) is 17.5 Å². The lowest BCUT2D eigenvalue weighted by Gasteiger charge is -2.36. The van der Waals surface area contributed by atoms with Crippen LogP contribution in [0.4, 0.5) is 10.5 Å². The van der Waals surface area contributed by atoms with Gasteiger partial charge >= 0.3 is 6.03 Å². The van der Waals surface area contributed by atoms with E-state index in [1.54, 1.807) is 17.3 Å². The Kier molecular flexibility index (Phi) is 4.24. The number of piperidine rings is 1. The van der Waals surface area contributed by atoms with Crippen molar-refractivity contribution in [1.29, 1.82) is 0 Å². The van der Waals surface area contributed by atoms with E-state index in [0.29, 0.717) is 13.0 Å². The van der Waals surface area contributed by atoms with Crippen molar-refractivity contribution >= 4 is 17.6 Å². The number of carbonyl (C=O) groups excluding carboxylic acids is 2. The Morgan fingerprint density at radius 1 is 1.35 bits per heavy atom. The maximum Gasteiger partial charge on any atom is 0.318 e. The molecule has 6 nitrogen and oxygen atoms in total. The molecule has 2 aliphatic rings. The summed E-state index contributed by atoms with van der Waals surface area (Å²) in [6.45, 7) is 5.58. The summed E-state index contributed by atoms with van der Waals surface area (Å²) >= 11 is 0. The highest BCUT2D eigenvalue weighted by atomic mass is 16.2. The first-order chi connectivity index (χ1) is 11.0. The van der Waals surface area contributed by atoms with Gasteiger partial charge in [-0.1, -0.05) is 0 Å². The molecule has 1 aromatic rings. The van der Waals surface area contributed by atoms with E-state index in [0.717, 1.165) is 31.5 Å². The number of pyridine rings is 1. The van der Waals surface area contributed by atoms with Gasteiger partial charge < -0.3 is 15.1 Å². The summed E-state index contributed by atoms with van der Waals surface area (Å²) in [5, 5.41) is 2.94. The van der Waals surface area contributed by atoms with Gasteiger partial charge in [0.2, 0.25) is 5.91 Å². The first-order valence-electron chi connectivity index (χ1n) is 8.28. The Morgan fingerprint density at radius 2 is 2.17 bits per heavy atom. The lowest BCUT2D eigenvalue weighted by molar-refractivity contribution is -0.121. The van der Waals surface area contributed by atoms with E-state index in [1.165, 1.54) is 0 Å². The van der Waals surface area contributed by atoms with Gasteiger partial charge in [0.1, 0.15) is 6.04 Å². The van der Waals surface area contributed by atoms with Crippen molar-refractivity contribution in [2.75, 3.05) is 18.0 Å². The Balaban J connectivity index is 1.68. The van der Waals surface area contributed by atoms with Crippen LogP contribution in [0.2, 0.25) is 0 Å². The van der Waals surface area contributed by atoms with Crippen LogP contribution in [0.3, 0.4) is 0 Å². The normalized spacial score (nSPS) is 23.9. The maximum atomic E-state index is 12.7. The Bertz CT molecular complexity index is 588. The number of nitrogens with one attached hydrogen (secondary N) is 1. The molecular formula is C17H24N4O2. The quantitative estimate of drug-likeness (QED) is 0.909. The van der Waals surface area contributed by atoms with Crippen molar-refractivity contribution in [3.05, 3.63) is 24.5 Å². The summed E-state index contributed by atoms with van der Waals surface area (Å²) in [4.78, 5) is 32.9. The van der Waals surface area contributed by atoms with Gasteiger partial charge in [-0.15, -0.1) is 0 Å². The van der Waals surface area contributed by atoms with Crippen LogP contribution >= 0.6 is 0 Å². The fourth-order valence-electron chi connectivity index (χ4n) is 3.49. The van der Waals surface area contributed by atoms with Gasteiger partial charge in [-0.2, -0.15) is 0 Å². The van der Waals surface area contributed by atoms with Crippen LogP contribution in [0.5, 0.6) is 0 Å². The molecule has 0 radical (unpaired) electrons. The molecule has 2 saturated heterocycles. The van der Waals surface area contributed by atoms with Crippen LogP contribution in [0.25, 0.3) is 0 Å². The van der Waals surface area contributed by atoms with Crippen LogP contribution in [-0.4, -0.2) is 46.5 Å². The summed E-state index contributed by atoms with van der Waals surface area (Å²) < 4.78 is 0. The van der Waals surface area contributed by atoms with Crippen molar-refractivity contribution in [3.8, 4) is 0 Å². The van der Waals surface area contributed by atoms with Crippen LogP contribution < -0.4 is 10.2 Å². The first kappa shape index (κ1) is 15.8. The predicted molar refractivity (Wildman–Crippen MR) is 88.2 cm³/mol. The molecule has 3 rings (SSSR count). The molecule has 2 aliphatic heterocycles. The second-order valence-corrected chi connectivity index (χ2v) is 6.91. The molecule has 1 unspecified atom stereocenters. The highest BCUT2D eigenvalue weighted by Gasteiger charge is 2.38. The second kappa shape index (κ2) is 6.18. The number of rotatable bonds is 2. The minimum Gasteiger partial charge on any atom is -0.326 e. The van der Waals surface area contributed by atoms with Gasteiger partial charge in [-0.05, 0) is 51.7 Å². The average Bonchev–Trinajstić information content (AvgIpc) is 2.89. The topological polar surface area (TPSA) is 65.5 Å². The molecule has 23 heavy (non-hydrogen) atoms. The third-order valence-corrected chi connectivity index (χ3v) is 4.84. The highest BCUT2D eigenvalue weighted by Crippen LogP contribution is 2.28. The number of carbonyl (C=O) groups is 2. The largest absolute Gasteiger partial charge is 0.326 e. The van der Waals surface area contributed by atoms with Gasteiger partial charge in [0.05, 0.1) is 11.9 Å². The van der Waals surface area contributed by atoms with Crippen molar-refractivity contribution in [3.63, 3.8) is 0 Å². The fourth-order valence-corrected chi connectivity index (χ4v) is 3.49. The van der Waals surface area contributed by atoms with Crippen molar-refractivity contribution < 1.29 is 9.59 Å². The molecule has 2 fully saturated rings.